The van der Waals surface area contributed by atoms with Gasteiger partial charge in [-0.15, -0.1) is 0 Å². The average molecular weight is 304 g/mol. The molecule has 0 aliphatic rings. The summed E-state index contributed by atoms with van der Waals surface area (Å²) in [5.74, 6) is -0.584. The van der Waals surface area contributed by atoms with E-state index in [2.05, 4.69) is 0 Å². The van der Waals surface area contributed by atoms with Crippen LogP contribution in [0.5, 0.6) is 5.75 Å². The molecule has 2 aromatic carbocycles. The number of nitrogens with zero attached hydrogens (tertiary/aromatic N) is 1. The molecule has 0 aliphatic heterocycles. The first-order valence-corrected chi connectivity index (χ1v) is 6.48. The molecule has 0 N–H and O–H groups in total. The number of aromatic nitrogens is 1. The number of ether oxygens (including phenoxy) is 1. The van der Waals surface area contributed by atoms with Crippen molar-refractivity contribution in [3.63, 3.8) is 0 Å². The lowest BCUT2D eigenvalue weighted by atomic mass is 10.2. The minimum Gasteiger partial charge on any atom is -0.497 e. The maximum Gasteiger partial charge on any atom is 0.427 e. The lowest BCUT2D eigenvalue weighted by molar-refractivity contribution is 0.0956. The van der Waals surface area contributed by atoms with E-state index in [1.165, 1.54) is 13.2 Å². The van der Waals surface area contributed by atoms with Gasteiger partial charge in [-0.1, -0.05) is 11.6 Å². The van der Waals surface area contributed by atoms with Crippen LogP contribution in [-0.2, 0) is 0 Å². The van der Waals surface area contributed by atoms with Gasteiger partial charge in [-0.3, -0.25) is 4.79 Å². The van der Waals surface area contributed by atoms with Gasteiger partial charge in [0, 0.05) is 16.7 Å². The second-order valence-corrected chi connectivity index (χ2v) is 4.79. The summed E-state index contributed by atoms with van der Waals surface area (Å²) >= 11 is 5.84. The predicted octanol–water partition coefficient (Wildman–Crippen LogP) is 2.95. The Hall–Kier alpha value is -2.53. The normalized spacial score (nSPS) is 10.8. The summed E-state index contributed by atoms with van der Waals surface area (Å²) < 4.78 is 11.1. The quantitative estimate of drug-likeness (QED) is 0.730. The van der Waals surface area contributed by atoms with Crippen LogP contribution in [0.3, 0.4) is 0 Å². The molecule has 106 valence electrons. The lowest BCUT2D eigenvalue weighted by Gasteiger charge is -2.03. The molecule has 0 radical (unpaired) electrons. The van der Waals surface area contributed by atoms with Crippen LogP contribution in [0.4, 0.5) is 0 Å². The van der Waals surface area contributed by atoms with E-state index in [-0.39, 0.29) is 5.58 Å². The summed E-state index contributed by atoms with van der Waals surface area (Å²) in [7, 11) is 1.54. The van der Waals surface area contributed by atoms with Gasteiger partial charge in [0.25, 0.3) is 5.91 Å². The highest BCUT2D eigenvalue weighted by molar-refractivity contribution is 6.31. The highest BCUT2D eigenvalue weighted by Gasteiger charge is 2.17. The zero-order chi connectivity index (χ0) is 15.0. The molecule has 0 spiro atoms. The molecule has 3 rings (SSSR count). The molecular formula is C15H10ClNO4. The topological polar surface area (TPSA) is 61.4 Å². The van der Waals surface area contributed by atoms with E-state index in [1.54, 1.807) is 36.4 Å². The Morgan fingerprint density at radius 2 is 1.90 bits per heavy atom. The second kappa shape index (κ2) is 5.10. The molecule has 21 heavy (non-hydrogen) atoms. The predicted molar refractivity (Wildman–Crippen MR) is 78.2 cm³/mol. The summed E-state index contributed by atoms with van der Waals surface area (Å²) in [6, 6.07) is 11.1. The zero-order valence-electron chi connectivity index (χ0n) is 11.0. The monoisotopic (exact) mass is 303 g/mol. The first-order chi connectivity index (χ1) is 10.1. The molecule has 0 unspecified atom stereocenters. The van der Waals surface area contributed by atoms with Crippen molar-refractivity contribution in [3.05, 3.63) is 63.6 Å². The van der Waals surface area contributed by atoms with Crippen molar-refractivity contribution in [1.29, 1.82) is 0 Å². The van der Waals surface area contributed by atoms with E-state index in [4.69, 9.17) is 20.8 Å². The van der Waals surface area contributed by atoms with Crippen molar-refractivity contribution in [3.8, 4) is 5.75 Å². The highest BCUT2D eigenvalue weighted by Crippen LogP contribution is 2.20. The summed E-state index contributed by atoms with van der Waals surface area (Å²) in [5, 5.41) is 0.431. The third kappa shape index (κ3) is 2.32. The maximum atomic E-state index is 12.5. The Labute approximate surface area is 124 Å². The zero-order valence-corrected chi connectivity index (χ0v) is 11.8. The van der Waals surface area contributed by atoms with Crippen molar-refractivity contribution in [1.82, 2.24) is 4.57 Å². The van der Waals surface area contributed by atoms with Gasteiger partial charge < -0.3 is 9.15 Å². The van der Waals surface area contributed by atoms with Crippen LogP contribution >= 0.6 is 11.6 Å². The van der Waals surface area contributed by atoms with E-state index in [9.17, 15) is 9.59 Å². The molecule has 6 heteroatoms. The largest absolute Gasteiger partial charge is 0.497 e. The number of carbonyl (C=O) groups is 1. The van der Waals surface area contributed by atoms with Crippen LogP contribution in [0.2, 0.25) is 5.02 Å². The fourth-order valence-electron chi connectivity index (χ4n) is 2.05. The molecule has 0 amide bonds. The summed E-state index contributed by atoms with van der Waals surface area (Å²) in [6.45, 7) is 0. The first kappa shape index (κ1) is 13.5. The third-order valence-electron chi connectivity index (χ3n) is 3.08. The molecule has 1 heterocycles. The van der Waals surface area contributed by atoms with Gasteiger partial charge in [-0.25, -0.2) is 9.36 Å². The number of hydrogen-bond acceptors (Lipinski definition) is 4. The lowest BCUT2D eigenvalue weighted by Crippen LogP contribution is -2.23. The molecule has 3 aromatic rings. The number of hydrogen-bond donors (Lipinski definition) is 0. The van der Waals surface area contributed by atoms with Crippen LogP contribution in [0, 0.1) is 0 Å². The van der Waals surface area contributed by atoms with E-state index >= 15 is 0 Å². The molecular weight excluding hydrogens is 294 g/mol. The van der Waals surface area contributed by atoms with Crippen LogP contribution in [-0.4, -0.2) is 17.6 Å². The van der Waals surface area contributed by atoms with Gasteiger partial charge in [0.15, 0.2) is 5.58 Å². The van der Waals surface area contributed by atoms with Gasteiger partial charge in [0.1, 0.15) is 5.75 Å². The van der Waals surface area contributed by atoms with Gasteiger partial charge in [0.2, 0.25) is 0 Å². The highest BCUT2D eigenvalue weighted by atomic mass is 35.5. The van der Waals surface area contributed by atoms with E-state index in [1.807, 2.05) is 0 Å². The molecule has 0 fully saturated rings. The first-order valence-electron chi connectivity index (χ1n) is 6.10. The molecule has 0 saturated carbocycles. The summed E-state index contributed by atoms with van der Waals surface area (Å²) in [5.41, 5.74) is 1.01. The van der Waals surface area contributed by atoms with Crippen LogP contribution < -0.4 is 10.5 Å². The number of fused-ring (bicyclic) bond motifs is 1. The fraction of sp³-hybridized carbons (Fsp3) is 0.0667. The van der Waals surface area contributed by atoms with Crippen molar-refractivity contribution < 1.29 is 13.9 Å². The number of halogens is 1. The minimum absolute atomic E-state index is 0.273. The number of methoxy groups -OCH3 is 1. The Kier molecular flexibility index (Phi) is 3.27. The molecule has 0 bridgehead atoms. The Bertz CT molecular complexity index is 877. The van der Waals surface area contributed by atoms with E-state index in [0.717, 1.165) is 4.57 Å². The standard InChI is InChI=1S/C15H10ClNO4/c1-20-11-5-2-9(3-6-11)14(18)17-12-7-4-10(16)8-13(12)21-15(17)19/h2-8H,1H3. The molecule has 5 nitrogen and oxygen atoms in total. The Morgan fingerprint density at radius 3 is 2.57 bits per heavy atom. The van der Waals surface area contributed by atoms with Crippen LogP contribution in [0.25, 0.3) is 11.1 Å². The van der Waals surface area contributed by atoms with Crippen LogP contribution in [0.15, 0.2) is 51.7 Å². The number of rotatable bonds is 2. The summed E-state index contributed by atoms with van der Waals surface area (Å²) in [6.07, 6.45) is 0. The molecule has 0 aliphatic carbocycles. The molecule has 1 aromatic heterocycles. The fourth-order valence-corrected chi connectivity index (χ4v) is 2.21. The van der Waals surface area contributed by atoms with Gasteiger partial charge in [-0.05, 0) is 36.4 Å². The van der Waals surface area contributed by atoms with E-state index < -0.39 is 11.7 Å². The van der Waals surface area contributed by atoms with Gasteiger partial charge >= 0.3 is 5.76 Å². The number of benzene rings is 2. The number of oxazole rings is 1. The van der Waals surface area contributed by atoms with Crippen molar-refractivity contribution in [2.75, 3.05) is 7.11 Å². The number of carbonyl (C=O) groups excluding carboxylic acids is 1. The van der Waals surface area contributed by atoms with Crippen molar-refractivity contribution >= 4 is 28.6 Å². The third-order valence-corrected chi connectivity index (χ3v) is 3.32. The average Bonchev–Trinajstić information content (AvgIpc) is 2.81. The molecule has 0 atom stereocenters. The van der Waals surface area contributed by atoms with Gasteiger partial charge in [-0.2, -0.15) is 0 Å². The second-order valence-electron chi connectivity index (χ2n) is 4.35. The Balaban J connectivity index is 2.12. The smallest absolute Gasteiger partial charge is 0.427 e. The van der Waals surface area contributed by atoms with Crippen molar-refractivity contribution in [2.24, 2.45) is 0 Å². The maximum absolute atomic E-state index is 12.5. The minimum atomic E-state index is -0.743. The summed E-state index contributed by atoms with van der Waals surface area (Å²) in [4.78, 5) is 24.4. The van der Waals surface area contributed by atoms with Crippen LogP contribution in [0.1, 0.15) is 10.4 Å². The van der Waals surface area contributed by atoms with Crippen molar-refractivity contribution in [2.45, 2.75) is 0 Å². The molecule has 0 saturated heterocycles. The Morgan fingerprint density at radius 1 is 1.19 bits per heavy atom. The van der Waals surface area contributed by atoms with Gasteiger partial charge in [0.05, 0.1) is 12.6 Å². The van der Waals surface area contributed by atoms with E-state index in [0.29, 0.717) is 21.9 Å². The SMILES string of the molecule is COc1ccc(C(=O)n2c(=O)oc3cc(Cl)ccc32)cc1.